The number of sulfonamides is 1. The summed E-state index contributed by atoms with van der Waals surface area (Å²) >= 11 is 0. The fourth-order valence-corrected chi connectivity index (χ4v) is 3.16. The van der Waals surface area contributed by atoms with Gasteiger partial charge in [0.15, 0.2) is 0 Å². The molecule has 2 rings (SSSR count). The Hall–Kier alpha value is -2.43. The van der Waals surface area contributed by atoms with E-state index in [9.17, 15) is 26.4 Å². The Balaban J connectivity index is 2.07. The lowest BCUT2D eigenvalue weighted by molar-refractivity contribution is -0.121. The molecule has 0 aliphatic rings. The summed E-state index contributed by atoms with van der Waals surface area (Å²) in [5.74, 6) is -0.418. The van der Waals surface area contributed by atoms with Gasteiger partial charge in [0.05, 0.1) is 11.5 Å². The second-order valence-corrected chi connectivity index (χ2v) is 7.32. The van der Waals surface area contributed by atoms with E-state index >= 15 is 0 Å². The van der Waals surface area contributed by atoms with E-state index < -0.39 is 28.7 Å². The monoisotopic (exact) mass is 402 g/mol. The van der Waals surface area contributed by atoms with Crippen molar-refractivity contribution >= 4 is 21.6 Å². The van der Waals surface area contributed by atoms with Gasteiger partial charge in [0.25, 0.3) is 5.91 Å². The van der Waals surface area contributed by atoms with Crippen LogP contribution in [0.1, 0.15) is 15.9 Å². The lowest BCUT2D eigenvalue weighted by Crippen LogP contribution is -2.33. The molecule has 0 aromatic heterocycles. The molecular weight excluding hydrogens is 385 g/mol. The van der Waals surface area contributed by atoms with Crippen molar-refractivity contribution in [3.63, 3.8) is 0 Å². The molecule has 0 bridgehead atoms. The van der Waals surface area contributed by atoms with Crippen LogP contribution in [0.4, 0.5) is 18.9 Å². The number of benzene rings is 2. The number of anilines is 1. The number of alkyl halides is 3. The highest BCUT2D eigenvalue weighted by Gasteiger charge is 2.30. The quantitative estimate of drug-likeness (QED) is 0.746. The van der Waals surface area contributed by atoms with E-state index in [1.165, 1.54) is 24.0 Å². The Morgan fingerprint density at radius 1 is 1.11 bits per heavy atom. The van der Waals surface area contributed by atoms with Crippen molar-refractivity contribution < 1.29 is 31.1 Å². The Kier molecular flexibility index (Phi) is 6.58. The van der Waals surface area contributed by atoms with Crippen LogP contribution < -0.4 is 10.0 Å². The zero-order chi connectivity index (χ0) is 20.1. The van der Waals surface area contributed by atoms with Crippen LogP contribution in [0.15, 0.2) is 53.4 Å². The fourth-order valence-electron chi connectivity index (χ4n) is 2.15. The smallest absolute Gasteiger partial charge is 0.380 e. The van der Waals surface area contributed by atoms with Crippen LogP contribution >= 0.6 is 0 Å². The van der Waals surface area contributed by atoms with Gasteiger partial charge in [-0.25, -0.2) is 13.1 Å². The van der Waals surface area contributed by atoms with Crippen molar-refractivity contribution in [1.29, 1.82) is 0 Å². The van der Waals surface area contributed by atoms with Gasteiger partial charge in [0, 0.05) is 18.4 Å². The second-order valence-electron chi connectivity index (χ2n) is 5.55. The highest BCUT2D eigenvalue weighted by atomic mass is 32.2. The molecule has 0 spiro atoms. The van der Waals surface area contributed by atoms with Gasteiger partial charge in [-0.05, 0) is 42.0 Å². The third-order valence-corrected chi connectivity index (χ3v) is 4.80. The second kappa shape index (κ2) is 8.51. The summed E-state index contributed by atoms with van der Waals surface area (Å²) < 4.78 is 66.6. The standard InChI is InChI=1S/C17H17F3N2O4S/c1-26-10-12-3-2-4-13(9-12)16(23)22-14-5-7-15(8-6-14)27(24,25)21-11-17(18,19)20/h2-9,21H,10-11H2,1H3,(H,22,23). The maximum absolute atomic E-state index is 12.3. The molecule has 2 aromatic carbocycles. The van der Waals surface area contributed by atoms with E-state index in [4.69, 9.17) is 4.74 Å². The number of nitrogens with one attached hydrogen (secondary N) is 2. The van der Waals surface area contributed by atoms with Crippen LogP contribution in [0.3, 0.4) is 0 Å². The van der Waals surface area contributed by atoms with Crippen LogP contribution in [0.2, 0.25) is 0 Å². The van der Waals surface area contributed by atoms with Crippen molar-refractivity contribution in [2.24, 2.45) is 0 Å². The van der Waals surface area contributed by atoms with Crippen molar-refractivity contribution in [2.75, 3.05) is 19.0 Å². The van der Waals surface area contributed by atoms with Crippen LogP contribution in [0, 0.1) is 0 Å². The lowest BCUT2D eigenvalue weighted by Gasteiger charge is -2.10. The van der Waals surface area contributed by atoms with Gasteiger partial charge in [-0.3, -0.25) is 4.79 Å². The molecule has 0 saturated heterocycles. The van der Waals surface area contributed by atoms with Crippen molar-refractivity contribution in [3.8, 4) is 0 Å². The number of amides is 1. The minimum absolute atomic E-state index is 0.298. The summed E-state index contributed by atoms with van der Waals surface area (Å²) in [4.78, 5) is 11.9. The van der Waals surface area contributed by atoms with Gasteiger partial charge < -0.3 is 10.1 Å². The summed E-state index contributed by atoms with van der Waals surface area (Å²) in [6, 6.07) is 11.6. The van der Waals surface area contributed by atoms with E-state index in [-0.39, 0.29) is 4.90 Å². The predicted molar refractivity (Wildman–Crippen MR) is 92.8 cm³/mol. The third kappa shape index (κ3) is 6.35. The molecule has 6 nitrogen and oxygen atoms in total. The van der Waals surface area contributed by atoms with Crippen LogP contribution in [-0.4, -0.2) is 34.2 Å². The number of hydrogen-bond donors (Lipinski definition) is 2. The minimum atomic E-state index is -4.65. The molecule has 10 heteroatoms. The number of carbonyl (C=O) groups is 1. The van der Waals surface area contributed by atoms with Gasteiger partial charge in [-0.15, -0.1) is 0 Å². The van der Waals surface area contributed by atoms with Crippen molar-refractivity contribution in [1.82, 2.24) is 4.72 Å². The Bertz CT molecular complexity index is 897. The molecule has 0 fully saturated rings. The van der Waals surface area contributed by atoms with Gasteiger partial charge in [-0.2, -0.15) is 13.2 Å². The number of methoxy groups -OCH3 is 1. The molecule has 0 aliphatic carbocycles. The van der Waals surface area contributed by atoms with E-state index in [1.54, 1.807) is 24.3 Å². The SMILES string of the molecule is COCc1cccc(C(=O)Nc2ccc(S(=O)(=O)NCC(F)(F)F)cc2)c1. The maximum Gasteiger partial charge on any atom is 0.402 e. The molecule has 0 unspecified atom stereocenters. The van der Waals surface area contributed by atoms with Gasteiger partial charge >= 0.3 is 6.18 Å². The summed E-state index contributed by atoms with van der Waals surface area (Å²) in [6.07, 6.45) is -4.65. The molecule has 0 saturated carbocycles. The molecule has 0 atom stereocenters. The summed E-state index contributed by atoms with van der Waals surface area (Å²) in [7, 11) is -2.77. The van der Waals surface area contributed by atoms with Crippen LogP contribution in [0.5, 0.6) is 0 Å². The van der Waals surface area contributed by atoms with Crippen LogP contribution in [-0.2, 0) is 21.4 Å². The van der Waals surface area contributed by atoms with E-state index in [0.29, 0.717) is 17.9 Å². The number of rotatable bonds is 7. The molecule has 27 heavy (non-hydrogen) atoms. The largest absolute Gasteiger partial charge is 0.402 e. The van der Waals surface area contributed by atoms with Crippen molar-refractivity contribution in [3.05, 3.63) is 59.7 Å². The van der Waals surface area contributed by atoms with E-state index in [1.807, 2.05) is 0 Å². The zero-order valence-corrected chi connectivity index (χ0v) is 15.0. The highest BCUT2D eigenvalue weighted by Crippen LogP contribution is 2.18. The summed E-state index contributed by atoms with van der Waals surface area (Å²) in [5.41, 5.74) is 1.49. The number of hydrogen-bond acceptors (Lipinski definition) is 4. The van der Waals surface area contributed by atoms with Crippen molar-refractivity contribution in [2.45, 2.75) is 17.7 Å². The molecule has 0 radical (unpaired) electrons. The van der Waals surface area contributed by atoms with Gasteiger partial charge in [-0.1, -0.05) is 12.1 Å². The minimum Gasteiger partial charge on any atom is -0.380 e. The summed E-state index contributed by atoms with van der Waals surface area (Å²) in [5, 5.41) is 2.59. The third-order valence-electron chi connectivity index (χ3n) is 3.39. The number of halogens is 3. The number of ether oxygens (including phenoxy) is 1. The average Bonchev–Trinajstić information content (AvgIpc) is 2.61. The first kappa shape index (κ1) is 20.9. The van der Waals surface area contributed by atoms with Gasteiger partial charge in [0.2, 0.25) is 10.0 Å². The van der Waals surface area contributed by atoms with E-state index in [2.05, 4.69) is 5.32 Å². The molecular formula is C17H17F3N2O4S. The Morgan fingerprint density at radius 3 is 2.37 bits per heavy atom. The Morgan fingerprint density at radius 2 is 1.78 bits per heavy atom. The average molecular weight is 402 g/mol. The number of carbonyl (C=O) groups excluding carboxylic acids is 1. The first-order valence-corrected chi connectivity index (χ1v) is 9.15. The summed E-state index contributed by atoms with van der Waals surface area (Å²) in [6.45, 7) is -1.32. The Labute approximate surface area is 154 Å². The molecule has 146 valence electrons. The lowest BCUT2D eigenvalue weighted by atomic mass is 10.1. The van der Waals surface area contributed by atoms with E-state index in [0.717, 1.165) is 17.7 Å². The van der Waals surface area contributed by atoms with Crippen LogP contribution in [0.25, 0.3) is 0 Å². The topological polar surface area (TPSA) is 84.5 Å². The maximum atomic E-state index is 12.3. The zero-order valence-electron chi connectivity index (χ0n) is 14.2. The first-order chi connectivity index (χ1) is 12.6. The normalized spacial score (nSPS) is 12.0. The molecule has 0 heterocycles. The fraction of sp³-hybridized carbons (Fsp3) is 0.235. The molecule has 2 aromatic rings. The molecule has 0 aliphatic heterocycles. The highest BCUT2D eigenvalue weighted by molar-refractivity contribution is 7.89. The predicted octanol–water partition coefficient (Wildman–Crippen LogP) is 2.93. The van der Waals surface area contributed by atoms with Gasteiger partial charge in [0.1, 0.15) is 6.54 Å². The molecule has 1 amide bonds. The molecule has 2 N–H and O–H groups in total. The first-order valence-electron chi connectivity index (χ1n) is 7.66.